The molecule has 0 spiro atoms. The molecule has 1 heterocycles. The van der Waals surface area contributed by atoms with Crippen molar-refractivity contribution < 1.29 is 24.0 Å². The minimum absolute atomic E-state index is 0.0324. The van der Waals surface area contributed by atoms with Crippen molar-refractivity contribution in [1.82, 2.24) is 10.2 Å². The number of nitro groups is 1. The number of anilines is 1. The maximum atomic E-state index is 12.6. The van der Waals surface area contributed by atoms with E-state index in [1.54, 1.807) is 40.0 Å². The molecule has 2 N–H and O–H groups in total. The molecule has 2 rings (SSSR count). The molecule has 1 aromatic rings. The van der Waals surface area contributed by atoms with E-state index in [4.69, 9.17) is 9.47 Å². The van der Waals surface area contributed by atoms with E-state index < -0.39 is 16.6 Å². The Balaban J connectivity index is 1.99. The number of ether oxygens (including phenoxy) is 2. The Kier molecular flexibility index (Phi) is 8.13. The van der Waals surface area contributed by atoms with Crippen molar-refractivity contribution in [2.45, 2.75) is 51.4 Å². The summed E-state index contributed by atoms with van der Waals surface area (Å²) < 4.78 is 10.7. The second-order valence-electron chi connectivity index (χ2n) is 8.21. The number of methoxy groups -OCH3 is 1. The number of piperidine rings is 1. The number of nitrogens with one attached hydrogen (secondary N) is 2. The van der Waals surface area contributed by atoms with E-state index >= 15 is 0 Å². The van der Waals surface area contributed by atoms with Crippen LogP contribution in [0.1, 0.15) is 33.6 Å². The zero-order valence-electron chi connectivity index (χ0n) is 17.8. The monoisotopic (exact) mass is 422 g/mol. The fourth-order valence-corrected chi connectivity index (χ4v) is 3.33. The lowest BCUT2D eigenvalue weighted by Gasteiger charge is -2.38. The average Bonchev–Trinajstić information content (AvgIpc) is 2.66. The van der Waals surface area contributed by atoms with Gasteiger partial charge in [0.05, 0.1) is 17.6 Å². The Hall–Kier alpha value is -2.72. The molecule has 0 bridgehead atoms. The first-order valence-corrected chi connectivity index (χ1v) is 9.86. The van der Waals surface area contributed by atoms with Crippen molar-refractivity contribution in [3.63, 3.8) is 0 Å². The largest absolute Gasteiger partial charge is 0.444 e. The van der Waals surface area contributed by atoms with Gasteiger partial charge in [0.2, 0.25) is 5.91 Å². The second kappa shape index (κ2) is 10.4. The Morgan fingerprint density at radius 2 is 2.00 bits per heavy atom. The molecule has 2 atom stereocenters. The number of carbonyl (C=O) groups is 2. The molecular formula is C20H30N4O6. The molecule has 166 valence electrons. The summed E-state index contributed by atoms with van der Waals surface area (Å²) in [6.45, 7) is 6.30. The van der Waals surface area contributed by atoms with Crippen molar-refractivity contribution in [1.29, 1.82) is 0 Å². The molecule has 0 aromatic heterocycles. The predicted octanol–water partition coefficient (Wildman–Crippen LogP) is 2.54. The topological polar surface area (TPSA) is 123 Å². The average molecular weight is 422 g/mol. The number of para-hydroxylation sites is 2. The lowest BCUT2D eigenvalue weighted by atomic mass is 9.99. The zero-order valence-corrected chi connectivity index (χ0v) is 17.8. The third-order valence-electron chi connectivity index (χ3n) is 4.73. The van der Waals surface area contributed by atoms with Crippen LogP contribution < -0.4 is 10.6 Å². The van der Waals surface area contributed by atoms with Gasteiger partial charge in [0.1, 0.15) is 11.3 Å². The van der Waals surface area contributed by atoms with Gasteiger partial charge in [-0.05, 0) is 39.7 Å². The van der Waals surface area contributed by atoms with Gasteiger partial charge in [-0.25, -0.2) is 4.79 Å². The molecule has 1 aromatic carbocycles. The van der Waals surface area contributed by atoms with E-state index in [1.165, 1.54) is 12.1 Å². The van der Waals surface area contributed by atoms with Crippen LogP contribution in [-0.2, 0) is 14.3 Å². The van der Waals surface area contributed by atoms with Gasteiger partial charge < -0.3 is 20.1 Å². The van der Waals surface area contributed by atoms with Gasteiger partial charge in [-0.1, -0.05) is 12.1 Å². The summed E-state index contributed by atoms with van der Waals surface area (Å²) in [6.07, 6.45) is 0.903. The summed E-state index contributed by atoms with van der Waals surface area (Å²) >= 11 is 0. The molecule has 2 amide bonds. The third-order valence-corrected chi connectivity index (χ3v) is 4.73. The van der Waals surface area contributed by atoms with E-state index in [1.807, 2.05) is 4.90 Å². The van der Waals surface area contributed by atoms with Crippen LogP contribution in [0.3, 0.4) is 0 Å². The number of rotatable bonds is 7. The first-order chi connectivity index (χ1) is 14.1. The summed E-state index contributed by atoms with van der Waals surface area (Å²) in [6, 6.07) is 5.87. The minimum atomic E-state index is -0.602. The first-order valence-electron chi connectivity index (χ1n) is 9.86. The Labute approximate surface area is 176 Å². The highest BCUT2D eigenvalue weighted by atomic mass is 16.6. The third kappa shape index (κ3) is 7.27. The van der Waals surface area contributed by atoms with Crippen LogP contribution in [-0.4, -0.2) is 66.3 Å². The molecule has 10 heteroatoms. The quantitative estimate of drug-likeness (QED) is 0.511. The van der Waals surface area contributed by atoms with Gasteiger partial charge in [0.25, 0.3) is 5.69 Å². The van der Waals surface area contributed by atoms with Crippen LogP contribution in [0.15, 0.2) is 24.3 Å². The number of alkyl carbamates (subject to hydrolysis) is 1. The van der Waals surface area contributed by atoms with Gasteiger partial charge in [0, 0.05) is 32.3 Å². The summed E-state index contributed by atoms with van der Waals surface area (Å²) in [5.41, 5.74) is -0.606. The van der Waals surface area contributed by atoms with Crippen molar-refractivity contribution in [2.75, 3.05) is 32.1 Å². The van der Waals surface area contributed by atoms with Crippen molar-refractivity contribution >= 4 is 23.4 Å². The molecule has 10 nitrogen and oxygen atoms in total. The van der Waals surface area contributed by atoms with Crippen molar-refractivity contribution in [3.8, 4) is 0 Å². The highest BCUT2D eigenvalue weighted by molar-refractivity contribution is 5.94. The fraction of sp³-hybridized carbons (Fsp3) is 0.600. The molecule has 30 heavy (non-hydrogen) atoms. The van der Waals surface area contributed by atoms with E-state index in [0.29, 0.717) is 19.5 Å². The minimum Gasteiger partial charge on any atom is -0.444 e. The normalized spacial score (nSPS) is 19.7. The lowest BCUT2D eigenvalue weighted by Crippen LogP contribution is -2.52. The van der Waals surface area contributed by atoms with E-state index in [0.717, 1.165) is 6.42 Å². The van der Waals surface area contributed by atoms with Crippen LogP contribution in [0.2, 0.25) is 0 Å². The SMILES string of the molecule is CO[C@@H]1CCN(CC(=O)Nc2ccccc2[N+](=O)[O-])[C@@H](CNC(=O)OC(C)(C)C)C1. The van der Waals surface area contributed by atoms with Crippen LogP contribution >= 0.6 is 0 Å². The van der Waals surface area contributed by atoms with Crippen LogP contribution in [0.5, 0.6) is 0 Å². The van der Waals surface area contributed by atoms with Crippen molar-refractivity contribution in [3.05, 3.63) is 34.4 Å². The molecule has 0 radical (unpaired) electrons. The Morgan fingerprint density at radius 1 is 1.30 bits per heavy atom. The molecule has 1 aliphatic rings. The summed E-state index contributed by atoms with van der Waals surface area (Å²) in [5.74, 6) is -0.359. The van der Waals surface area contributed by atoms with Gasteiger partial charge >= 0.3 is 6.09 Å². The van der Waals surface area contributed by atoms with Gasteiger partial charge in [-0.15, -0.1) is 0 Å². The van der Waals surface area contributed by atoms with E-state index in [2.05, 4.69) is 10.6 Å². The van der Waals surface area contributed by atoms with Crippen LogP contribution in [0.25, 0.3) is 0 Å². The number of amides is 2. The number of nitro benzene ring substituents is 1. The Bertz CT molecular complexity index is 764. The standard InChI is InChI=1S/C20H30N4O6/c1-20(2,3)30-19(26)21-12-14-11-15(29-4)9-10-23(14)13-18(25)22-16-7-5-6-8-17(16)24(27)28/h5-8,14-15H,9-13H2,1-4H3,(H,21,26)(H,22,25)/t14-,15-/m1/s1. The molecular weight excluding hydrogens is 392 g/mol. The molecule has 1 aliphatic heterocycles. The van der Waals surface area contributed by atoms with Gasteiger partial charge in [-0.3, -0.25) is 19.8 Å². The maximum Gasteiger partial charge on any atom is 0.407 e. The van der Waals surface area contributed by atoms with Gasteiger partial charge in [-0.2, -0.15) is 0 Å². The molecule has 0 saturated carbocycles. The number of hydrogen-bond acceptors (Lipinski definition) is 7. The lowest BCUT2D eigenvalue weighted by molar-refractivity contribution is -0.383. The Morgan fingerprint density at radius 3 is 2.63 bits per heavy atom. The summed E-state index contributed by atoms with van der Waals surface area (Å²) in [7, 11) is 1.64. The van der Waals surface area contributed by atoms with Crippen LogP contribution in [0, 0.1) is 10.1 Å². The number of carbonyl (C=O) groups excluding carboxylic acids is 2. The predicted molar refractivity (Wildman–Crippen MR) is 111 cm³/mol. The van der Waals surface area contributed by atoms with E-state index in [9.17, 15) is 19.7 Å². The number of benzene rings is 1. The van der Waals surface area contributed by atoms with Crippen molar-refractivity contribution in [2.24, 2.45) is 0 Å². The highest BCUT2D eigenvalue weighted by Gasteiger charge is 2.31. The molecule has 1 saturated heterocycles. The summed E-state index contributed by atoms with van der Waals surface area (Å²) in [4.78, 5) is 37.1. The second-order valence-corrected chi connectivity index (χ2v) is 8.21. The molecule has 1 fully saturated rings. The maximum absolute atomic E-state index is 12.6. The smallest absolute Gasteiger partial charge is 0.407 e. The molecule has 0 aliphatic carbocycles. The van der Waals surface area contributed by atoms with Crippen LogP contribution in [0.4, 0.5) is 16.2 Å². The number of nitrogens with zero attached hydrogens (tertiary/aromatic N) is 2. The number of hydrogen-bond donors (Lipinski definition) is 2. The zero-order chi connectivity index (χ0) is 22.3. The van der Waals surface area contributed by atoms with Gasteiger partial charge in [0.15, 0.2) is 0 Å². The number of likely N-dealkylation sites (tertiary alicyclic amines) is 1. The van der Waals surface area contributed by atoms with E-state index in [-0.39, 0.29) is 36.0 Å². The first kappa shape index (κ1) is 23.6. The fourth-order valence-electron chi connectivity index (χ4n) is 3.33. The molecule has 0 unspecified atom stereocenters. The summed E-state index contributed by atoms with van der Waals surface area (Å²) in [5, 5.41) is 16.5. The highest BCUT2D eigenvalue weighted by Crippen LogP contribution is 2.24.